The third-order valence-corrected chi connectivity index (χ3v) is 5.71. The number of amides is 2. The maximum atomic E-state index is 13.4. The minimum Gasteiger partial charge on any atom is -0.350 e. The Morgan fingerprint density at radius 2 is 1.83 bits per heavy atom. The van der Waals surface area contributed by atoms with Crippen LogP contribution >= 0.6 is 11.6 Å². The molecular weight excluding hydrogens is 400 g/mol. The van der Waals surface area contributed by atoms with Crippen LogP contribution in [-0.4, -0.2) is 32.0 Å². The number of benzene rings is 2. The van der Waals surface area contributed by atoms with E-state index >= 15 is 0 Å². The molecule has 3 aromatic rings. The molecule has 0 unspecified atom stereocenters. The van der Waals surface area contributed by atoms with E-state index in [9.17, 15) is 9.59 Å². The van der Waals surface area contributed by atoms with E-state index < -0.39 is 5.54 Å². The highest BCUT2D eigenvalue weighted by atomic mass is 35.5. The molecule has 1 N–H and O–H groups in total. The lowest BCUT2D eigenvalue weighted by Gasteiger charge is -2.43. The first-order chi connectivity index (χ1) is 14.4. The van der Waals surface area contributed by atoms with Crippen molar-refractivity contribution < 1.29 is 9.59 Å². The Bertz CT molecular complexity index is 1080. The predicted molar refractivity (Wildman–Crippen MR) is 115 cm³/mol. The van der Waals surface area contributed by atoms with E-state index in [-0.39, 0.29) is 11.8 Å². The number of hydrogen-bond donors (Lipinski definition) is 1. The Morgan fingerprint density at radius 1 is 1.13 bits per heavy atom. The largest absolute Gasteiger partial charge is 0.350 e. The summed E-state index contributed by atoms with van der Waals surface area (Å²) in [6.45, 7) is 4.63. The summed E-state index contributed by atoms with van der Waals surface area (Å²) < 4.78 is 1.64. The van der Waals surface area contributed by atoms with E-state index in [1.165, 1.54) is 0 Å². The number of carbonyl (C=O) groups excluding carboxylic acids is 2. The molecular formula is C23H23ClN4O2. The van der Waals surface area contributed by atoms with Gasteiger partial charge in [-0.15, -0.1) is 0 Å². The second kappa shape index (κ2) is 7.95. The van der Waals surface area contributed by atoms with Crippen molar-refractivity contribution in [2.75, 3.05) is 0 Å². The fourth-order valence-electron chi connectivity index (χ4n) is 3.76. The van der Waals surface area contributed by atoms with Crippen molar-refractivity contribution >= 4 is 23.4 Å². The lowest BCUT2D eigenvalue weighted by atomic mass is 9.94. The summed E-state index contributed by atoms with van der Waals surface area (Å²) in [5.74, 6) is -0.421. The first-order valence-corrected chi connectivity index (χ1v) is 10.2. The first kappa shape index (κ1) is 20.2. The zero-order valence-electron chi connectivity index (χ0n) is 16.9. The van der Waals surface area contributed by atoms with E-state index in [1.807, 2.05) is 49.4 Å². The van der Waals surface area contributed by atoms with E-state index in [2.05, 4.69) is 10.4 Å². The SMILES string of the molecule is Cc1cc2n(n1)C[C@](C)(C(=O)NCc1ccc(Cl)cc1)N(Cc1ccccc1)C2=O. The molecule has 1 aromatic heterocycles. The second-order valence-electron chi connectivity index (χ2n) is 7.79. The van der Waals surface area contributed by atoms with Crippen LogP contribution in [0.3, 0.4) is 0 Å². The van der Waals surface area contributed by atoms with Crippen molar-refractivity contribution in [2.45, 2.75) is 39.0 Å². The van der Waals surface area contributed by atoms with Crippen LogP contribution in [0.25, 0.3) is 0 Å². The van der Waals surface area contributed by atoms with Gasteiger partial charge in [-0.05, 0) is 43.2 Å². The van der Waals surface area contributed by atoms with Crippen LogP contribution in [0.4, 0.5) is 0 Å². The average molecular weight is 423 g/mol. The summed E-state index contributed by atoms with van der Waals surface area (Å²) in [7, 11) is 0. The average Bonchev–Trinajstić information content (AvgIpc) is 3.11. The minimum absolute atomic E-state index is 0.199. The molecule has 30 heavy (non-hydrogen) atoms. The van der Waals surface area contributed by atoms with Crippen LogP contribution in [0.1, 0.15) is 34.2 Å². The molecule has 2 aromatic carbocycles. The summed E-state index contributed by atoms with van der Waals surface area (Å²) >= 11 is 5.94. The van der Waals surface area contributed by atoms with Crippen LogP contribution in [0.5, 0.6) is 0 Å². The van der Waals surface area contributed by atoms with Gasteiger partial charge >= 0.3 is 0 Å². The number of carbonyl (C=O) groups is 2. The van der Waals surface area contributed by atoms with E-state index in [0.717, 1.165) is 16.8 Å². The lowest BCUT2D eigenvalue weighted by molar-refractivity contribution is -0.133. The molecule has 0 radical (unpaired) electrons. The summed E-state index contributed by atoms with van der Waals surface area (Å²) in [5, 5.41) is 8.05. The Hall–Kier alpha value is -3.12. The van der Waals surface area contributed by atoms with Crippen LogP contribution in [-0.2, 0) is 24.4 Å². The Morgan fingerprint density at radius 3 is 2.53 bits per heavy atom. The number of nitrogens with zero attached hydrogens (tertiary/aromatic N) is 3. The number of fused-ring (bicyclic) bond motifs is 1. The summed E-state index contributed by atoms with van der Waals surface area (Å²) in [5.41, 5.74) is 2.08. The smallest absolute Gasteiger partial charge is 0.273 e. The Labute approximate surface area is 180 Å². The Balaban J connectivity index is 1.63. The number of aryl methyl sites for hydroxylation is 1. The van der Waals surface area contributed by atoms with Gasteiger partial charge in [0.1, 0.15) is 11.2 Å². The van der Waals surface area contributed by atoms with Crippen molar-refractivity contribution in [3.8, 4) is 0 Å². The highest BCUT2D eigenvalue weighted by molar-refractivity contribution is 6.30. The van der Waals surface area contributed by atoms with Crippen molar-refractivity contribution in [2.24, 2.45) is 0 Å². The minimum atomic E-state index is -1.08. The molecule has 2 amide bonds. The standard InChI is InChI=1S/C23H23ClN4O2/c1-16-12-20-21(29)27(14-18-6-4-3-5-7-18)23(2,15-28(20)26-16)22(30)25-13-17-8-10-19(24)11-9-17/h3-12H,13-15H2,1-2H3,(H,25,30)/t23-/m1/s1. The van der Waals surface area contributed by atoms with E-state index in [1.54, 1.807) is 34.7 Å². The van der Waals surface area contributed by atoms with Crippen LogP contribution in [0.15, 0.2) is 60.7 Å². The first-order valence-electron chi connectivity index (χ1n) is 9.80. The van der Waals surface area contributed by atoms with Gasteiger partial charge in [-0.25, -0.2) is 0 Å². The fraction of sp³-hybridized carbons (Fsp3) is 0.261. The van der Waals surface area contributed by atoms with Gasteiger partial charge in [0.25, 0.3) is 5.91 Å². The maximum absolute atomic E-state index is 13.4. The molecule has 0 saturated heterocycles. The zero-order valence-corrected chi connectivity index (χ0v) is 17.7. The molecule has 154 valence electrons. The molecule has 0 spiro atoms. The van der Waals surface area contributed by atoms with Gasteiger partial charge in [0, 0.05) is 18.1 Å². The van der Waals surface area contributed by atoms with Crippen molar-refractivity contribution in [1.29, 1.82) is 0 Å². The van der Waals surface area contributed by atoms with Gasteiger partial charge in [0.15, 0.2) is 0 Å². The normalized spacial score (nSPS) is 18.2. The summed E-state index contributed by atoms with van der Waals surface area (Å²) in [4.78, 5) is 28.3. The number of rotatable bonds is 5. The zero-order chi connectivity index (χ0) is 21.3. The third-order valence-electron chi connectivity index (χ3n) is 5.46. The topological polar surface area (TPSA) is 67.2 Å². The fourth-order valence-corrected chi connectivity index (χ4v) is 3.89. The second-order valence-corrected chi connectivity index (χ2v) is 8.22. The number of nitrogens with one attached hydrogen (secondary N) is 1. The molecule has 0 bridgehead atoms. The van der Waals surface area contributed by atoms with Crippen molar-refractivity contribution in [1.82, 2.24) is 20.0 Å². The molecule has 1 aliphatic heterocycles. The molecule has 6 nitrogen and oxygen atoms in total. The van der Waals surface area contributed by atoms with Crippen LogP contribution in [0, 0.1) is 6.92 Å². The maximum Gasteiger partial charge on any atom is 0.273 e. The number of aromatic nitrogens is 2. The third kappa shape index (κ3) is 3.83. The van der Waals surface area contributed by atoms with Crippen molar-refractivity contribution in [3.05, 3.63) is 88.2 Å². The van der Waals surface area contributed by atoms with Gasteiger partial charge in [-0.2, -0.15) is 5.10 Å². The quantitative estimate of drug-likeness (QED) is 0.683. The van der Waals surface area contributed by atoms with Crippen LogP contribution < -0.4 is 5.32 Å². The van der Waals surface area contributed by atoms with Crippen molar-refractivity contribution in [3.63, 3.8) is 0 Å². The molecule has 1 atom stereocenters. The Kier molecular flexibility index (Phi) is 5.35. The number of hydrogen-bond acceptors (Lipinski definition) is 3. The highest BCUT2D eigenvalue weighted by Crippen LogP contribution is 2.29. The number of halogens is 1. The monoisotopic (exact) mass is 422 g/mol. The van der Waals surface area contributed by atoms with Gasteiger partial charge in [0.05, 0.1) is 12.2 Å². The van der Waals surface area contributed by atoms with E-state index in [0.29, 0.717) is 30.4 Å². The molecule has 0 aliphatic carbocycles. The highest BCUT2D eigenvalue weighted by Gasteiger charge is 2.47. The molecule has 4 rings (SSSR count). The van der Waals surface area contributed by atoms with E-state index in [4.69, 9.17) is 11.6 Å². The van der Waals surface area contributed by atoms with Gasteiger partial charge in [0.2, 0.25) is 5.91 Å². The van der Waals surface area contributed by atoms with Gasteiger partial charge in [-0.3, -0.25) is 14.3 Å². The van der Waals surface area contributed by atoms with Gasteiger partial charge in [-0.1, -0.05) is 54.1 Å². The van der Waals surface area contributed by atoms with Gasteiger partial charge < -0.3 is 10.2 Å². The molecule has 7 heteroatoms. The summed E-state index contributed by atoms with van der Waals surface area (Å²) in [6, 6.07) is 18.8. The van der Waals surface area contributed by atoms with Crippen LogP contribution in [0.2, 0.25) is 5.02 Å². The molecule has 2 heterocycles. The summed E-state index contributed by atoms with van der Waals surface area (Å²) in [6.07, 6.45) is 0. The predicted octanol–water partition coefficient (Wildman–Crippen LogP) is 3.58. The molecule has 1 aliphatic rings. The lowest BCUT2D eigenvalue weighted by Crippen LogP contribution is -2.63. The molecule has 0 saturated carbocycles. The molecule has 0 fully saturated rings.